The number of rotatable bonds is 28. The van der Waals surface area contributed by atoms with Crippen LogP contribution in [0.2, 0.25) is 0 Å². The van der Waals surface area contributed by atoms with Gasteiger partial charge in [-0.3, -0.25) is 19.2 Å². The van der Waals surface area contributed by atoms with E-state index in [-0.39, 0.29) is 18.3 Å². The number of benzene rings is 1. The smallest absolute Gasteiger partial charge is 0.340 e. The molecule has 4 atom stereocenters. The predicted octanol–water partition coefficient (Wildman–Crippen LogP) is 7.53. The number of methoxy groups -OCH3 is 1. The highest BCUT2D eigenvalue weighted by atomic mass is 16.6. The van der Waals surface area contributed by atoms with Crippen LogP contribution < -0.4 is 10.1 Å². The number of unbranched alkanes of at least 4 members (excludes halogenated alkanes) is 8. The molecule has 1 saturated heterocycles. The average molecular weight is 843 g/mol. The zero-order valence-electron chi connectivity index (χ0n) is 37.5. The Hall–Kier alpha value is -4.26. The Morgan fingerprint density at radius 1 is 0.867 bits per heavy atom. The SMILES string of the molecule is CCCCCCCC(=O)CCCCCC/C=C/[C@H](C(=O)N[C@@H](Cc1ccc(OC(C)CC)cc1)C(=O)OC)[C@@](O)(CC(=O)OCC(=O)N1CCCCC1)C(=O)OC(C)(C)C. The van der Waals surface area contributed by atoms with Crippen molar-refractivity contribution in [3.05, 3.63) is 42.0 Å². The van der Waals surface area contributed by atoms with E-state index in [1.807, 2.05) is 13.8 Å². The first-order valence-corrected chi connectivity index (χ1v) is 22.2. The van der Waals surface area contributed by atoms with Crippen LogP contribution in [0.1, 0.15) is 156 Å². The number of ether oxygens (including phenoxy) is 4. The van der Waals surface area contributed by atoms with Gasteiger partial charge in [-0.1, -0.05) is 76.7 Å². The van der Waals surface area contributed by atoms with E-state index < -0.39 is 65.9 Å². The number of nitrogens with one attached hydrogen (secondary N) is 1. The molecule has 338 valence electrons. The highest BCUT2D eigenvalue weighted by Gasteiger charge is 2.51. The number of esters is 3. The number of allylic oxidation sites excluding steroid dienone is 1. The summed E-state index contributed by atoms with van der Waals surface area (Å²) < 4.78 is 21.8. The van der Waals surface area contributed by atoms with E-state index >= 15 is 0 Å². The number of likely N-dealkylation sites (tertiary alicyclic amines) is 1. The zero-order valence-corrected chi connectivity index (χ0v) is 37.5. The summed E-state index contributed by atoms with van der Waals surface area (Å²) in [6, 6.07) is 5.81. The molecule has 13 nitrogen and oxygen atoms in total. The lowest BCUT2D eigenvalue weighted by atomic mass is 9.82. The summed E-state index contributed by atoms with van der Waals surface area (Å²) >= 11 is 0. The Morgan fingerprint density at radius 3 is 2.07 bits per heavy atom. The third kappa shape index (κ3) is 19.9. The van der Waals surface area contributed by atoms with Crippen molar-refractivity contribution >= 4 is 35.5 Å². The Labute approximate surface area is 358 Å². The van der Waals surface area contributed by atoms with E-state index in [0.29, 0.717) is 50.1 Å². The lowest BCUT2D eigenvalue weighted by molar-refractivity contribution is -0.188. The van der Waals surface area contributed by atoms with Crippen LogP contribution in [0, 0.1) is 5.92 Å². The van der Waals surface area contributed by atoms with E-state index in [4.69, 9.17) is 18.9 Å². The molecule has 0 radical (unpaired) electrons. The predicted molar refractivity (Wildman–Crippen MR) is 230 cm³/mol. The summed E-state index contributed by atoms with van der Waals surface area (Å²) in [5.74, 6) is -5.23. The number of carbonyl (C=O) groups excluding carboxylic acids is 6. The van der Waals surface area contributed by atoms with Crippen LogP contribution >= 0.6 is 0 Å². The van der Waals surface area contributed by atoms with Crippen molar-refractivity contribution in [2.45, 2.75) is 180 Å². The summed E-state index contributed by atoms with van der Waals surface area (Å²) in [6.07, 6.45) is 15.8. The van der Waals surface area contributed by atoms with Gasteiger partial charge >= 0.3 is 17.9 Å². The van der Waals surface area contributed by atoms with Gasteiger partial charge in [-0.25, -0.2) is 9.59 Å². The summed E-state index contributed by atoms with van der Waals surface area (Å²) in [5, 5.41) is 14.9. The molecule has 2 rings (SSSR count). The fraction of sp³-hybridized carbons (Fsp3) is 0.702. The van der Waals surface area contributed by atoms with Gasteiger partial charge in [0.2, 0.25) is 5.91 Å². The number of hydrogen-bond donors (Lipinski definition) is 2. The number of ketones is 1. The molecular weight excluding hydrogens is 769 g/mol. The second kappa shape index (κ2) is 27.6. The van der Waals surface area contributed by atoms with Gasteiger partial charge in [0.15, 0.2) is 12.2 Å². The van der Waals surface area contributed by atoms with Crippen LogP contribution in [0.15, 0.2) is 36.4 Å². The standard InChI is InChI=1S/C47H74N2O11/c1-8-10-11-14-18-23-37(50)24-19-15-12-13-16-20-25-39(43(53)48-40(44(54)57-7)32-36-26-28-38(29-27-36)59-35(3)9-2)47(56,45(55)60-46(4,5)6)33-42(52)58-34-41(51)49-30-21-17-22-31-49/h20,25-29,35,39-40,56H,8-19,21-24,30-34H2,1-7H3,(H,48,53)/b25-20+/t35?,39-,40+,47+/m1/s1. The Kier molecular flexibility index (Phi) is 23.8. The molecule has 60 heavy (non-hydrogen) atoms. The van der Waals surface area contributed by atoms with Crippen LogP contribution in [0.5, 0.6) is 5.75 Å². The number of amides is 2. The molecule has 0 aromatic heterocycles. The molecule has 2 N–H and O–H groups in total. The van der Waals surface area contributed by atoms with E-state index in [1.165, 1.54) is 26.0 Å². The minimum atomic E-state index is -2.80. The zero-order chi connectivity index (χ0) is 44.6. The van der Waals surface area contributed by atoms with E-state index in [0.717, 1.165) is 64.2 Å². The maximum absolute atomic E-state index is 14.3. The lowest BCUT2D eigenvalue weighted by Gasteiger charge is -2.34. The highest BCUT2D eigenvalue weighted by molar-refractivity contribution is 5.96. The third-order valence-electron chi connectivity index (χ3n) is 10.6. The number of carbonyl (C=O) groups is 6. The number of piperidine rings is 1. The van der Waals surface area contributed by atoms with Gasteiger partial charge in [0.05, 0.1) is 25.6 Å². The summed E-state index contributed by atoms with van der Waals surface area (Å²) in [7, 11) is 1.19. The van der Waals surface area contributed by atoms with Gasteiger partial charge in [0, 0.05) is 32.4 Å². The summed E-state index contributed by atoms with van der Waals surface area (Å²) in [5.41, 5.74) is -3.25. The van der Waals surface area contributed by atoms with Crippen molar-refractivity contribution in [2.24, 2.45) is 5.92 Å². The quantitative estimate of drug-likeness (QED) is 0.0370. The molecule has 1 aliphatic rings. The molecular formula is C47H74N2O11. The molecule has 1 aromatic rings. The van der Waals surface area contributed by atoms with Crippen molar-refractivity contribution in [3.8, 4) is 5.75 Å². The molecule has 0 bridgehead atoms. The number of nitrogens with zero attached hydrogens (tertiary/aromatic N) is 1. The molecule has 1 fully saturated rings. The van der Waals surface area contributed by atoms with Crippen molar-refractivity contribution in [2.75, 3.05) is 26.8 Å². The topological polar surface area (TPSA) is 175 Å². The number of aliphatic hydroxyl groups is 1. The van der Waals surface area contributed by atoms with E-state index in [9.17, 15) is 33.9 Å². The van der Waals surface area contributed by atoms with Gasteiger partial charge in [-0.15, -0.1) is 0 Å². The van der Waals surface area contributed by atoms with Crippen LogP contribution in [-0.2, 0) is 49.4 Å². The Balaban J connectivity index is 2.31. The normalized spacial score (nSPS) is 15.6. The first-order valence-electron chi connectivity index (χ1n) is 22.2. The number of Topliss-reactive ketones (excluding diaryl/α,β-unsaturated/α-hetero) is 1. The second-order valence-corrected chi connectivity index (χ2v) is 17.0. The monoisotopic (exact) mass is 843 g/mol. The van der Waals surface area contributed by atoms with Gasteiger partial charge < -0.3 is 34.3 Å². The van der Waals surface area contributed by atoms with Crippen molar-refractivity contribution in [1.82, 2.24) is 10.2 Å². The fourth-order valence-corrected chi connectivity index (χ4v) is 6.86. The lowest BCUT2D eigenvalue weighted by Crippen LogP contribution is -2.57. The minimum Gasteiger partial charge on any atom is -0.491 e. The first kappa shape index (κ1) is 51.9. The van der Waals surface area contributed by atoms with Crippen molar-refractivity contribution < 1.29 is 52.8 Å². The summed E-state index contributed by atoms with van der Waals surface area (Å²) in [4.78, 5) is 81.4. The highest BCUT2D eigenvalue weighted by Crippen LogP contribution is 2.30. The molecule has 0 saturated carbocycles. The summed E-state index contributed by atoms with van der Waals surface area (Å²) in [6.45, 7) is 11.4. The van der Waals surface area contributed by atoms with Crippen LogP contribution in [0.4, 0.5) is 0 Å². The maximum Gasteiger partial charge on any atom is 0.340 e. The molecule has 1 aliphatic heterocycles. The fourth-order valence-electron chi connectivity index (χ4n) is 6.86. The van der Waals surface area contributed by atoms with Gasteiger partial charge in [0.25, 0.3) is 5.91 Å². The second-order valence-electron chi connectivity index (χ2n) is 17.0. The molecule has 13 heteroatoms. The molecule has 1 heterocycles. The first-order chi connectivity index (χ1) is 28.5. The molecule has 1 unspecified atom stereocenters. The van der Waals surface area contributed by atoms with Crippen molar-refractivity contribution in [3.63, 3.8) is 0 Å². The van der Waals surface area contributed by atoms with Gasteiger partial charge in [-0.2, -0.15) is 0 Å². The maximum atomic E-state index is 14.3. The molecule has 0 spiro atoms. The van der Waals surface area contributed by atoms with Crippen LogP contribution in [-0.4, -0.2) is 95.7 Å². The Morgan fingerprint density at radius 2 is 1.48 bits per heavy atom. The van der Waals surface area contributed by atoms with E-state index in [1.54, 1.807) is 56.0 Å². The van der Waals surface area contributed by atoms with Crippen molar-refractivity contribution in [1.29, 1.82) is 0 Å². The van der Waals surface area contributed by atoms with Crippen LogP contribution in [0.25, 0.3) is 0 Å². The Bertz CT molecular complexity index is 1510. The molecule has 2 amide bonds. The average Bonchev–Trinajstić information content (AvgIpc) is 3.21. The van der Waals surface area contributed by atoms with Gasteiger partial charge in [0.1, 0.15) is 23.2 Å². The van der Waals surface area contributed by atoms with Crippen LogP contribution in [0.3, 0.4) is 0 Å². The third-order valence-corrected chi connectivity index (χ3v) is 10.6. The molecule has 0 aliphatic carbocycles. The largest absolute Gasteiger partial charge is 0.491 e. The van der Waals surface area contributed by atoms with E-state index in [2.05, 4.69) is 12.2 Å². The van der Waals surface area contributed by atoms with Gasteiger partial charge in [-0.05, 0) is 96.8 Å². The molecule has 1 aromatic carbocycles. The minimum absolute atomic E-state index is 0.00416. The number of hydrogen-bond acceptors (Lipinski definition) is 11.